The third-order valence-electron chi connectivity index (χ3n) is 5.86. The minimum absolute atomic E-state index is 0.196. The number of ether oxygens (including phenoxy) is 1. The van der Waals surface area contributed by atoms with E-state index in [1.54, 1.807) is 7.11 Å². The average Bonchev–Trinajstić information content (AvgIpc) is 3.19. The number of methoxy groups -OCH3 is 1. The number of hydrogen-bond donors (Lipinski definition) is 2. The van der Waals surface area contributed by atoms with Gasteiger partial charge >= 0.3 is 0 Å². The van der Waals surface area contributed by atoms with E-state index < -0.39 is 0 Å². The molecule has 1 aliphatic rings. The highest BCUT2D eigenvalue weighted by atomic mass is 16.5. The number of fused-ring (bicyclic) bond motifs is 1. The molecule has 0 bridgehead atoms. The normalized spacial score (nSPS) is 16.6. The molecule has 0 radical (unpaired) electrons. The van der Waals surface area contributed by atoms with E-state index in [9.17, 15) is 4.79 Å². The lowest BCUT2D eigenvalue weighted by Gasteiger charge is -2.32. The summed E-state index contributed by atoms with van der Waals surface area (Å²) in [5, 5.41) is 11.7. The number of benzene rings is 1. The molecule has 1 amide bonds. The van der Waals surface area contributed by atoms with Crippen LogP contribution in [-0.2, 0) is 11.2 Å². The van der Waals surface area contributed by atoms with Crippen LogP contribution < -0.4 is 10.1 Å². The van der Waals surface area contributed by atoms with E-state index in [2.05, 4.69) is 41.5 Å². The van der Waals surface area contributed by atoms with Crippen LogP contribution in [0.15, 0.2) is 36.4 Å². The number of amides is 1. The van der Waals surface area contributed by atoms with Crippen LogP contribution in [0.5, 0.6) is 5.75 Å². The number of nitrogens with zero attached hydrogens (tertiary/aromatic N) is 3. The van der Waals surface area contributed by atoms with Crippen LogP contribution in [-0.4, -0.2) is 52.2 Å². The molecule has 1 aromatic carbocycles. The molecule has 3 aromatic rings. The van der Waals surface area contributed by atoms with E-state index in [-0.39, 0.29) is 11.8 Å². The van der Waals surface area contributed by atoms with Crippen LogP contribution in [0.1, 0.15) is 50.3 Å². The lowest BCUT2D eigenvalue weighted by molar-refractivity contribution is -0.132. The molecule has 0 saturated carbocycles. The van der Waals surface area contributed by atoms with Gasteiger partial charge in [0, 0.05) is 37.2 Å². The van der Waals surface area contributed by atoms with Crippen LogP contribution >= 0.6 is 0 Å². The third kappa shape index (κ3) is 4.81. The number of nitrogens with one attached hydrogen (secondary N) is 2. The highest BCUT2D eigenvalue weighted by Gasteiger charge is 2.26. The fourth-order valence-electron chi connectivity index (χ4n) is 4.28. The lowest BCUT2D eigenvalue weighted by atomic mass is 9.93. The first kappa shape index (κ1) is 21.2. The Hall–Kier alpha value is -3.09. The number of H-pyrrole nitrogens is 1. The maximum Gasteiger partial charge on any atom is 0.222 e. The van der Waals surface area contributed by atoms with Gasteiger partial charge in [0.15, 0.2) is 11.5 Å². The Labute approximate surface area is 183 Å². The van der Waals surface area contributed by atoms with E-state index in [1.165, 1.54) is 0 Å². The van der Waals surface area contributed by atoms with Crippen LogP contribution in [0.4, 0.5) is 5.82 Å². The smallest absolute Gasteiger partial charge is 0.222 e. The molecule has 0 unspecified atom stereocenters. The molecule has 0 aliphatic carbocycles. The Bertz CT molecular complexity index is 1050. The summed E-state index contributed by atoms with van der Waals surface area (Å²) in [6.45, 7) is 5.71. The monoisotopic (exact) mass is 421 g/mol. The Morgan fingerprint density at radius 1 is 1.29 bits per heavy atom. The lowest BCUT2D eigenvalue weighted by Crippen LogP contribution is -2.39. The number of piperidine rings is 1. The van der Waals surface area contributed by atoms with Crippen molar-refractivity contribution in [1.29, 1.82) is 0 Å². The van der Waals surface area contributed by atoms with E-state index >= 15 is 0 Å². The molecule has 1 fully saturated rings. The summed E-state index contributed by atoms with van der Waals surface area (Å²) < 4.78 is 5.41. The van der Waals surface area contributed by atoms with Crippen molar-refractivity contribution in [2.45, 2.75) is 51.5 Å². The first-order chi connectivity index (χ1) is 15.0. The van der Waals surface area contributed by atoms with Gasteiger partial charge in [-0.3, -0.25) is 9.89 Å². The number of aryl methyl sites for hydroxylation is 1. The standard InChI is InChI=1S/C24H31N5O2/c1-16(2)25-23-19-11-12-20(26-24(19)28-27-23)18-8-6-14-29(15-18)22(30)13-10-17-7-4-5-9-21(17)31-3/h4-5,7,9,11-12,16,18H,6,8,10,13-15H2,1-3H3,(H2,25,26,27,28)/t18-/m1/s1. The van der Waals surface area contributed by atoms with Gasteiger partial charge in [0.1, 0.15) is 5.75 Å². The largest absolute Gasteiger partial charge is 0.496 e. The second kappa shape index (κ2) is 9.37. The summed E-state index contributed by atoms with van der Waals surface area (Å²) in [6.07, 6.45) is 3.21. The van der Waals surface area contributed by atoms with E-state index in [0.29, 0.717) is 25.4 Å². The Morgan fingerprint density at radius 3 is 2.94 bits per heavy atom. The molecule has 1 aliphatic heterocycles. The van der Waals surface area contributed by atoms with Crippen molar-refractivity contribution < 1.29 is 9.53 Å². The molecule has 2 aromatic heterocycles. The molecule has 1 saturated heterocycles. The van der Waals surface area contributed by atoms with Gasteiger partial charge in [0.25, 0.3) is 0 Å². The van der Waals surface area contributed by atoms with Crippen molar-refractivity contribution in [3.8, 4) is 5.75 Å². The Morgan fingerprint density at radius 2 is 2.13 bits per heavy atom. The van der Waals surface area contributed by atoms with Gasteiger partial charge in [-0.2, -0.15) is 5.10 Å². The number of rotatable bonds is 7. The average molecular weight is 422 g/mol. The van der Waals surface area contributed by atoms with Crippen molar-refractivity contribution in [3.05, 3.63) is 47.7 Å². The fourth-order valence-corrected chi connectivity index (χ4v) is 4.28. The van der Waals surface area contributed by atoms with Gasteiger partial charge in [-0.1, -0.05) is 18.2 Å². The van der Waals surface area contributed by atoms with Gasteiger partial charge in [0.2, 0.25) is 5.91 Å². The molecule has 3 heterocycles. The molecule has 7 nitrogen and oxygen atoms in total. The predicted octanol–water partition coefficient (Wildman–Crippen LogP) is 4.13. The zero-order chi connectivity index (χ0) is 21.8. The van der Waals surface area contributed by atoms with Gasteiger partial charge in [-0.15, -0.1) is 0 Å². The number of carbonyl (C=O) groups excluding carboxylic acids is 1. The van der Waals surface area contributed by atoms with Crippen LogP contribution in [0, 0.1) is 0 Å². The molecule has 1 atom stereocenters. The number of anilines is 1. The molecule has 2 N–H and O–H groups in total. The quantitative estimate of drug-likeness (QED) is 0.599. The third-order valence-corrected chi connectivity index (χ3v) is 5.86. The zero-order valence-corrected chi connectivity index (χ0v) is 18.5. The first-order valence-corrected chi connectivity index (χ1v) is 11.1. The number of aromatic amines is 1. The maximum atomic E-state index is 12.9. The molecule has 7 heteroatoms. The first-order valence-electron chi connectivity index (χ1n) is 11.1. The summed E-state index contributed by atoms with van der Waals surface area (Å²) >= 11 is 0. The molecular formula is C24H31N5O2. The number of hydrogen-bond acceptors (Lipinski definition) is 5. The van der Waals surface area contributed by atoms with Crippen molar-refractivity contribution in [3.63, 3.8) is 0 Å². The van der Waals surface area contributed by atoms with E-state index in [1.807, 2.05) is 29.2 Å². The van der Waals surface area contributed by atoms with Crippen molar-refractivity contribution in [2.75, 3.05) is 25.5 Å². The topological polar surface area (TPSA) is 83.1 Å². The van der Waals surface area contributed by atoms with E-state index in [4.69, 9.17) is 9.72 Å². The summed E-state index contributed by atoms with van der Waals surface area (Å²) in [5.74, 6) is 2.12. The number of para-hydroxylation sites is 1. The number of pyridine rings is 1. The van der Waals surface area contributed by atoms with Crippen molar-refractivity contribution in [2.24, 2.45) is 0 Å². The molecule has 164 valence electrons. The summed E-state index contributed by atoms with van der Waals surface area (Å²) in [5.41, 5.74) is 2.89. The maximum absolute atomic E-state index is 12.9. The Kier molecular flexibility index (Phi) is 6.39. The van der Waals surface area contributed by atoms with Crippen molar-refractivity contribution in [1.82, 2.24) is 20.1 Å². The number of likely N-dealkylation sites (tertiary alicyclic amines) is 1. The predicted molar refractivity (Wildman–Crippen MR) is 123 cm³/mol. The molecule has 31 heavy (non-hydrogen) atoms. The molecule has 0 spiro atoms. The van der Waals surface area contributed by atoms with Crippen LogP contribution in [0.2, 0.25) is 0 Å². The Balaban J connectivity index is 1.41. The van der Waals surface area contributed by atoms with Gasteiger partial charge < -0.3 is 15.0 Å². The van der Waals surface area contributed by atoms with Gasteiger partial charge in [-0.25, -0.2) is 4.98 Å². The van der Waals surface area contributed by atoms with Gasteiger partial charge in [-0.05, 0) is 56.9 Å². The highest BCUT2D eigenvalue weighted by molar-refractivity contribution is 5.87. The summed E-state index contributed by atoms with van der Waals surface area (Å²) in [4.78, 5) is 19.7. The molecule has 4 rings (SSSR count). The van der Waals surface area contributed by atoms with Crippen molar-refractivity contribution >= 4 is 22.8 Å². The highest BCUT2D eigenvalue weighted by Crippen LogP contribution is 2.29. The number of carbonyl (C=O) groups is 1. The second-order valence-corrected chi connectivity index (χ2v) is 8.49. The second-order valence-electron chi connectivity index (χ2n) is 8.49. The number of aromatic nitrogens is 3. The fraction of sp³-hybridized carbons (Fsp3) is 0.458. The minimum Gasteiger partial charge on any atom is -0.496 e. The summed E-state index contributed by atoms with van der Waals surface area (Å²) in [7, 11) is 1.67. The van der Waals surface area contributed by atoms with Crippen LogP contribution in [0.25, 0.3) is 11.0 Å². The SMILES string of the molecule is COc1ccccc1CCC(=O)N1CCC[C@@H](c2ccc3c(NC(C)C)n[nH]c3n2)C1. The zero-order valence-electron chi connectivity index (χ0n) is 18.5. The van der Waals surface area contributed by atoms with Gasteiger partial charge in [0.05, 0.1) is 12.5 Å². The van der Waals surface area contributed by atoms with E-state index in [0.717, 1.165) is 53.2 Å². The molecular weight excluding hydrogens is 390 g/mol. The van der Waals surface area contributed by atoms with Crippen LogP contribution in [0.3, 0.4) is 0 Å². The minimum atomic E-state index is 0.196. The summed E-state index contributed by atoms with van der Waals surface area (Å²) in [6, 6.07) is 12.4.